The van der Waals surface area contributed by atoms with Gasteiger partial charge in [-0.05, 0) is 43.2 Å². The average molecular weight is 374 g/mol. The van der Waals surface area contributed by atoms with Gasteiger partial charge < -0.3 is 10.1 Å². The Kier molecular flexibility index (Phi) is 5.58. The number of aromatic nitrogens is 3. The van der Waals surface area contributed by atoms with Crippen LogP contribution in [0.5, 0.6) is 0 Å². The molecular weight excluding hydrogens is 352 g/mol. The topological polar surface area (TPSA) is 69.0 Å². The Morgan fingerprint density at radius 3 is 2.71 bits per heavy atom. The zero-order valence-electron chi connectivity index (χ0n) is 15.5. The van der Waals surface area contributed by atoms with Gasteiger partial charge in [-0.2, -0.15) is 5.10 Å². The van der Waals surface area contributed by atoms with E-state index in [1.807, 2.05) is 59.4 Å². The molecule has 1 amide bonds. The standard InChI is InChI=1S/C22H22N4O2/c27-21(24-19-10-13-28-14-11-19)9-8-18-16-26(20-6-2-1-3-7-20)25-22(18)17-5-4-12-23-15-17/h1-9,12,15-16,19H,10-11,13-14H2,(H,24,27)/b9-8+. The number of pyridine rings is 1. The highest BCUT2D eigenvalue weighted by Gasteiger charge is 2.15. The van der Waals surface area contributed by atoms with Crippen molar-refractivity contribution in [3.8, 4) is 16.9 Å². The SMILES string of the molecule is O=C(/C=C/c1cn(-c2ccccc2)nc1-c1cccnc1)NC1CCOCC1. The van der Waals surface area contributed by atoms with Gasteiger partial charge in [-0.3, -0.25) is 9.78 Å². The van der Waals surface area contributed by atoms with Gasteiger partial charge in [-0.15, -0.1) is 0 Å². The fourth-order valence-electron chi connectivity index (χ4n) is 3.21. The number of benzene rings is 1. The number of nitrogens with zero attached hydrogens (tertiary/aromatic N) is 3. The predicted octanol–water partition coefficient (Wildman–Crippen LogP) is 3.24. The lowest BCUT2D eigenvalue weighted by Crippen LogP contribution is -2.37. The largest absolute Gasteiger partial charge is 0.381 e. The molecule has 142 valence electrons. The maximum atomic E-state index is 12.3. The summed E-state index contributed by atoms with van der Waals surface area (Å²) in [5.41, 5.74) is 3.51. The third kappa shape index (κ3) is 4.35. The average Bonchev–Trinajstić information content (AvgIpc) is 3.19. The quantitative estimate of drug-likeness (QED) is 0.696. The van der Waals surface area contributed by atoms with Crippen molar-refractivity contribution in [1.29, 1.82) is 0 Å². The second-order valence-corrected chi connectivity index (χ2v) is 6.68. The van der Waals surface area contributed by atoms with Crippen LogP contribution in [0.1, 0.15) is 18.4 Å². The number of amides is 1. The number of carbonyl (C=O) groups excluding carboxylic acids is 1. The first-order chi connectivity index (χ1) is 13.8. The van der Waals surface area contributed by atoms with Crippen molar-refractivity contribution in [2.45, 2.75) is 18.9 Å². The van der Waals surface area contributed by atoms with Crippen molar-refractivity contribution in [2.75, 3.05) is 13.2 Å². The lowest BCUT2D eigenvalue weighted by atomic mass is 10.1. The molecule has 28 heavy (non-hydrogen) atoms. The third-order valence-electron chi connectivity index (χ3n) is 4.68. The Labute approximate surface area is 163 Å². The van der Waals surface area contributed by atoms with Crippen LogP contribution in [0.25, 0.3) is 23.0 Å². The van der Waals surface area contributed by atoms with Crippen molar-refractivity contribution in [1.82, 2.24) is 20.1 Å². The maximum absolute atomic E-state index is 12.3. The summed E-state index contributed by atoms with van der Waals surface area (Å²) in [6, 6.07) is 13.9. The predicted molar refractivity (Wildman–Crippen MR) is 108 cm³/mol. The molecule has 0 bridgehead atoms. The number of rotatable bonds is 5. The van der Waals surface area contributed by atoms with Crippen LogP contribution in [0.2, 0.25) is 0 Å². The monoisotopic (exact) mass is 374 g/mol. The van der Waals surface area contributed by atoms with E-state index in [1.165, 1.54) is 0 Å². The Morgan fingerprint density at radius 2 is 1.96 bits per heavy atom. The minimum Gasteiger partial charge on any atom is -0.381 e. The number of para-hydroxylation sites is 1. The van der Waals surface area contributed by atoms with Crippen molar-refractivity contribution >= 4 is 12.0 Å². The first-order valence-electron chi connectivity index (χ1n) is 9.41. The molecule has 1 aliphatic heterocycles. The number of hydrogen-bond acceptors (Lipinski definition) is 4. The van der Waals surface area contributed by atoms with Crippen LogP contribution in [0.4, 0.5) is 0 Å². The fourth-order valence-corrected chi connectivity index (χ4v) is 3.21. The van der Waals surface area contributed by atoms with Gasteiger partial charge in [-0.1, -0.05) is 18.2 Å². The highest BCUT2D eigenvalue weighted by molar-refractivity contribution is 5.93. The second kappa shape index (κ2) is 8.63. The minimum atomic E-state index is -0.100. The zero-order valence-corrected chi connectivity index (χ0v) is 15.5. The first-order valence-corrected chi connectivity index (χ1v) is 9.41. The summed E-state index contributed by atoms with van der Waals surface area (Å²) < 4.78 is 7.15. The van der Waals surface area contributed by atoms with Gasteiger partial charge in [0.2, 0.25) is 5.91 Å². The van der Waals surface area contributed by atoms with E-state index in [0.29, 0.717) is 13.2 Å². The molecule has 0 unspecified atom stereocenters. The van der Waals surface area contributed by atoms with E-state index in [0.717, 1.165) is 35.3 Å². The zero-order chi connectivity index (χ0) is 19.2. The molecular formula is C22H22N4O2. The van der Waals surface area contributed by atoms with Crippen molar-refractivity contribution in [2.24, 2.45) is 0 Å². The smallest absolute Gasteiger partial charge is 0.244 e. The lowest BCUT2D eigenvalue weighted by Gasteiger charge is -2.22. The van der Waals surface area contributed by atoms with Crippen LogP contribution in [0.15, 0.2) is 67.1 Å². The molecule has 0 atom stereocenters. The molecule has 1 aliphatic rings. The van der Waals surface area contributed by atoms with E-state index in [4.69, 9.17) is 9.84 Å². The molecule has 0 saturated carbocycles. The van der Waals surface area contributed by atoms with Crippen LogP contribution in [-0.4, -0.2) is 39.9 Å². The van der Waals surface area contributed by atoms with E-state index in [1.54, 1.807) is 18.5 Å². The number of nitrogens with one attached hydrogen (secondary N) is 1. The van der Waals surface area contributed by atoms with Crippen LogP contribution in [0, 0.1) is 0 Å². The summed E-state index contributed by atoms with van der Waals surface area (Å²) in [6.45, 7) is 1.40. The van der Waals surface area contributed by atoms with Gasteiger partial charge in [0.15, 0.2) is 0 Å². The minimum absolute atomic E-state index is 0.100. The number of hydrogen-bond donors (Lipinski definition) is 1. The summed E-state index contributed by atoms with van der Waals surface area (Å²) in [5.74, 6) is -0.100. The van der Waals surface area contributed by atoms with Crippen molar-refractivity contribution < 1.29 is 9.53 Å². The summed E-state index contributed by atoms with van der Waals surface area (Å²) in [7, 11) is 0. The van der Waals surface area contributed by atoms with Gasteiger partial charge in [0.05, 0.1) is 5.69 Å². The van der Waals surface area contributed by atoms with Crippen LogP contribution < -0.4 is 5.32 Å². The van der Waals surface area contributed by atoms with Gasteiger partial charge in [-0.25, -0.2) is 4.68 Å². The molecule has 1 saturated heterocycles. The molecule has 6 nitrogen and oxygen atoms in total. The summed E-state index contributed by atoms with van der Waals surface area (Å²) >= 11 is 0. The second-order valence-electron chi connectivity index (χ2n) is 6.68. The molecule has 1 N–H and O–H groups in total. The summed E-state index contributed by atoms with van der Waals surface area (Å²) in [4.78, 5) is 16.5. The van der Waals surface area contributed by atoms with Gasteiger partial charge in [0.25, 0.3) is 0 Å². The molecule has 0 spiro atoms. The van der Waals surface area contributed by atoms with Gasteiger partial charge >= 0.3 is 0 Å². The molecule has 1 fully saturated rings. The molecule has 3 heterocycles. The number of ether oxygens (including phenoxy) is 1. The van der Waals surface area contributed by atoms with Crippen molar-refractivity contribution in [3.63, 3.8) is 0 Å². The molecule has 4 rings (SSSR count). The Balaban J connectivity index is 1.59. The molecule has 3 aromatic rings. The summed E-state index contributed by atoms with van der Waals surface area (Å²) in [6.07, 6.45) is 10.5. The normalized spacial score (nSPS) is 15.0. The fraction of sp³-hybridized carbons (Fsp3) is 0.227. The Bertz CT molecular complexity index is 945. The number of carbonyl (C=O) groups is 1. The molecule has 2 aromatic heterocycles. The van der Waals surface area contributed by atoms with Gasteiger partial charge in [0, 0.05) is 55.0 Å². The molecule has 0 aliphatic carbocycles. The summed E-state index contributed by atoms with van der Waals surface area (Å²) in [5, 5.41) is 7.76. The van der Waals surface area contributed by atoms with E-state index >= 15 is 0 Å². The van der Waals surface area contributed by atoms with Crippen LogP contribution in [-0.2, 0) is 9.53 Å². The maximum Gasteiger partial charge on any atom is 0.244 e. The third-order valence-corrected chi connectivity index (χ3v) is 4.68. The van der Waals surface area contributed by atoms with E-state index in [9.17, 15) is 4.79 Å². The highest BCUT2D eigenvalue weighted by Crippen LogP contribution is 2.24. The molecule has 6 heteroatoms. The molecule has 0 radical (unpaired) electrons. The van der Waals surface area contributed by atoms with Crippen LogP contribution in [0.3, 0.4) is 0 Å². The molecule has 1 aromatic carbocycles. The Hall–Kier alpha value is -3.25. The first kappa shape index (κ1) is 18.1. The van der Waals surface area contributed by atoms with E-state index in [2.05, 4.69) is 10.3 Å². The van der Waals surface area contributed by atoms with Crippen LogP contribution >= 0.6 is 0 Å². The Morgan fingerprint density at radius 1 is 1.14 bits per heavy atom. The highest BCUT2D eigenvalue weighted by atomic mass is 16.5. The van der Waals surface area contributed by atoms with E-state index in [-0.39, 0.29) is 11.9 Å². The van der Waals surface area contributed by atoms with Gasteiger partial charge in [0.1, 0.15) is 5.69 Å². The lowest BCUT2D eigenvalue weighted by molar-refractivity contribution is -0.117. The van der Waals surface area contributed by atoms with E-state index < -0.39 is 0 Å². The van der Waals surface area contributed by atoms with Crippen molar-refractivity contribution in [3.05, 3.63) is 72.7 Å².